The number of phenolic OH excluding ortho intramolecular Hbond substituents is 1. The highest BCUT2D eigenvalue weighted by atomic mass is 16.3. The molecular formula is C14H15NO3. The molecule has 0 saturated heterocycles. The fourth-order valence-electron chi connectivity index (χ4n) is 1.63. The van der Waals surface area contributed by atoms with Crippen molar-refractivity contribution in [2.45, 2.75) is 20.3 Å². The number of rotatable bonds is 3. The van der Waals surface area contributed by atoms with Crippen LogP contribution in [0.5, 0.6) is 5.75 Å². The van der Waals surface area contributed by atoms with Gasteiger partial charge in [0, 0.05) is 17.7 Å². The topological polar surface area (TPSA) is 62.5 Å². The predicted molar refractivity (Wildman–Crippen MR) is 68.9 cm³/mol. The normalized spacial score (nSPS) is 10.3. The number of hydrogen-bond donors (Lipinski definition) is 2. The standard InChI is InChI=1S/C14H15NO3/c1-3-10-7-8-13(18-10)14(17)15-11-5-4-6-12(16)9(11)2/h4-8,16H,3H2,1-2H3,(H,15,17). The van der Waals surface area contributed by atoms with Crippen LogP contribution in [0.1, 0.15) is 28.8 Å². The molecule has 18 heavy (non-hydrogen) atoms. The maximum absolute atomic E-state index is 11.9. The van der Waals surface area contributed by atoms with E-state index in [4.69, 9.17) is 4.42 Å². The molecule has 0 bridgehead atoms. The summed E-state index contributed by atoms with van der Waals surface area (Å²) >= 11 is 0. The molecule has 0 aliphatic heterocycles. The van der Waals surface area contributed by atoms with E-state index >= 15 is 0 Å². The third-order valence-corrected chi connectivity index (χ3v) is 2.79. The van der Waals surface area contributed by atoms with Crippen molar-refractivity contribution in [1.29, 1.82) is 0 Å². The molecule has 0 fully saturated rings. The molecule has 2 N–H and O–H groups in total. The molecule has 0 spiro atoms. The number of carbonyl (C=O) groups excluding carboxylic acids is 1. The number of carbonyl (C=O) groups is 1. The second kappa shape index (κ2) is 4.96. The Morgan fingerprint density at radius 3 is 2.78 bits per heavy atom. The molecule has 0 saturated carbocycles. The monoisotopic (exact) mass is 245 g/mol. The van der Waals surface area contributed by atoms with Crippen molar-refractivity contribution in [3.63, 3.8) is 0 Å². The molecule has 0 unspecified atom stereocenters. The van der Waals surface area contributed by atoms with E-state index in [0.717, 1.165) is 12.2 Å². The van der Waals surface area contributed by atoms with Gasteiger partial charge in [-0.15, -0.1) is 0 Å². The molecule has 0 atom stereocenters. The van der Waals surface area contributed by atoms with Crippen molar-refractivity contribution >= 4 is 11.6 Å². The molecule has 4 heteroatoms. The zero-order chi connectivity index (χ0) is 13.1. The summed E-state index contributed by atoms with van der Waals surface area (Å²) in [6.07, 6.45) is 0.748. The summed E-state index contributed by atoms with van der Waals surface area (Å²) in [6, 6.07) is 8.41. The second-order valence-corrected chi connectivity index (χ2v) is 4.02. The Kier molecular flexibility index (Phi) is 3.37. The lowest BCUT2D eigenvalue weighted by molar-refractivity contribution is 0.0995. The summed E-state index contributed by atoms with van der Waals surface area (Å²) in [5.41, 5.74) is 1.21. The third kappa shape index (κ3) is 2.37. The lowest BCUT2D eigenvalue weighted by Gasteiger charge is -2.08. The van der Waals surface area contributed by atoms with Crippen molar-refractivity contribution in [3.05, 3.63) is 47.4 Å². The van der Waals surface area contributed by atoms with Crippen LogP contribution in [-0.4, -0.2) is 11.0 Å². The maximum atomic E-state index is 11.9. The smallest absolute Gasteiger partial charge is 0.291 e. The number of benzene rings is 1. The Bertz CT molecular complexity index is 572. The first-order valence-corrected chi connectivity index (χ1v) is 5.80. The van der Waals surface area contributed by atoms with Crippen LogP contribution in [0, 0.1) is 6.92 Å². The van der Waals surface area contributed by atoms with E-state index in [9.17, 15) is 9.90 Å². The average molecular weight is 245 g/mol. The minimum atomic E-state index is -0.316. The Morgan fingerprint density at radius 1 is 1.33 bits per heavy atom. The lowest BCUT2D eigenvalue weighted by atomic mass is 10.2. The molecule has 1 aromatic carbocycles. The van der Waals surface area contributed by atoms with Crippen LogP contribution in [0.4, 0.5) is 5.69 Å². The van der Waals surface area contributed by atoms with Crippen LogP contribution in [0.15, 0.2) is 34.7 Å². The van der Waals surface area contributed by atoms with E-state index in [0.29, 0.717) is 11.3 Å². The minimum absolute atomic E-state index is 0.154. The summed E-state index contributed by atoms with van der Waals surface area (Å²) in [7, 11) is 0. The van der Waals surface area contributed by atoms with Crippen molar-refractivity contribution in [1.82, 2.24) is 0 Å². The fourth-order valence-corrected chi connectivity index (χ4v) is 1.63. The van der Waals surface area contributed by atoms with Crippen LogP contribution in [-0.2, 0) is 6.42 Å². The molecule has 0 radical (unpaired) electrons. The Hall–Kier alpha value is -2.23. The summed E-state index contributed by atoms with van der Waals surface area (Å²) in [5.74, 6) is 0.882. The number of phenols is 1. The summed E-state index contributed by atoms with van der Waals surface area (Å²) < 4.78 is 5.36. The summed E-state index contributed by atoms with van der Waals surface area (Å²) in [5, 5.41) is 12.3. The number of amides is 1. The molecule has 0 aliphatic rings. The maximum Gasteiger partial charge on any atom is 0.291 e. The molecule has 4 nitrogen and oxygen atoms in total. The van der Waals surface area contributed by atoms with Crippen LogP contribution in [0.2, 0.25) is 0 Å². The summed E-state index contributed by atoms with van der Waals surface area (Å²) in [4.78, 5) is 11.9. The van der Waals surface area contributed by atoms with Crippen LogP contribution in [0.25, 0.3) is 0 Å². The first-order chi connectivity index (χ1) is 8.61. The van der Waals surface area contributed by atoms with Gasteiger partial charge < -0.3 is 14.8 Å². The van der Waals surface area contributed by atoms with E-state index in [2.05, 4.69) is 5.32 Å². The van der Waals surface area contributed by atoms with Gasteiger partial charge in [-0.3, -0.25) is 4.79 Å². The van der Waals surface area contributed by atoms with Crippen LogP contribution in [0.3, 0.4) is 0 Å². The quantitative estimate of drug-likeness (QED) is 0.873. The van der Waals surface area contributed by atoms with E-state index in [1.807, 2.05) is 6.92 Å². The van der Waals surface area contributed by atoms with Crippen molar-refractivity contribution in [3.8, 4) is 5.75 Å². The summed E-state index contributed by atoms with van der Waals surface area (Å²) in [6.45, 7) is 3.70. The Labute approximate surface area is 105 Å². The van der Waals surface area contributed by atoms with Crippen molar-refractivity contribution < 1.29 is 14.3 Å². The van der Waals surface area contributed by atoms with Gasteiger partial charge in [0.05, 0.1) is 0 Å². The number of anilines is 1. The number of furan rings is 1. The SMILES string of the molecule is CCc1ccc(C(=O)Nc2cccc(O)c2C)o1. The van der Waals surface area contributed by atoms with E-state index < -0.39 is 0 Å². The van der Waals surface area contributed by atoms with Crippen LogP contribution < -0.4 is 5.32 Å². The van der Waals surface area contributed by atoms with E-state index in [-0.39, 0.29) is 17.4 Å². The van der Waals surface area contributed by atoms with Gasteiger partial charge in [-0.2, -0.15) is 0 Å². The minimum Gasteiger partial charge on any atom is -0.508 e. The second-order valence-electron chi connectivity index (χ2n) is 4.02. The molecule has 1 aromatic heterocycles. The highest BCUT2D eigenvalue weighted by molar-refractivity contribution is 6.02. The number of hydrogen-bond acceptors (Lipinski definition) is 3. The number of aromatic hydroxyl groups is 1. The van der Waals surface area contributed by atoms with Crippen LogP contribution >= 0.6 is 0 Å². The zero-order valence-electron chi connectivity index (χ0n) is 10.4. The third-order valence-electron chi connectivity index (χ3n) is 2.79. The highest BCUT2D eigenvalue weighted by Gasteiger charge is 2.12. The molecule has 94 valence electrons. The predicted octanol–water partition coefficient (Wildman–Crippen LogP) is 3.11. The average Bonchev–Trinajstić information content (AvgIpc) is 2.83. The molecule has 2 rings (SSSR count). The number of nitrogens with one attached hydrogen (secondary N) is 1. The highest BCUT2D eigenvalue weighted by Crippen LogP contribution is 2.24. The van der Waals surface area contributed by atoms with Gasteiger partial charge in [-0.05, 0) is 31.2 Å². The lowest BCUT2D eigenvalue weighted by Crippen LogP contribution is -2.11. The van der Waals surface area contributed by atoms with E-state index in [1.54, 1.807) is 37.3 Å². The Balaban J connectivity index is 2.18. The van der Waals surface area contributed by atoms with Gasteiger partial charge in [0.15, 0.2) is 5.76 Å². The first-order valence-electron chi connectivity index (χ1n) is 5.80. The van der Waals surface area contributed by atoms with Gasteiger partial charge >= 0.3 is 0 Å². The largest absolute Gasteiger partial charge is 0.508 e. The van der Waals surface area contributed by atoms with Gasteiger partial charge in [0.1, 0.15) is 11.5 Å². The van der Waals surface area contributed by atoms with Gasteiger partial charge in [-0.1, -0.05) is 13.0 Å². The fraction of sp³-hybridized carbons (Fsp3) is 0.214. The molecule has 2 aromatic rings. The molecule has 1 heterocycles. The zero-order valence-corrected chi connectivity index (χ0v) is 10.4. The Morgan fingerprint density at radius 2 is 2.11 bits per heavy atom. The van der Waals surface area contributed by atoms with Crippen molar-refractivity contribution in [2.75, 3.05) is 5.32 Å². The van der Waals surface area contributed by atoms with Gasteiger partial charge in [-0.25, -0.2) is 0 Å². The first kappa shape index (κ1) is 12.2. The molecular weight excluding hydrogens is 230 g/mol. The molecule has 1 amide bonds. The van der Waals surface area contributed by atoms with Gasteiger partial charge in [0.25, 0.3) is 5.91 Å². The number of aryl methyl sites for hydroxylation is 1. The molecule has 0 aliphatic carbocycles. The van der Waals surface area contributed by atoms with E-state index in [1.165, 1.54) is 0 Å². The van der Waals surface area contributed by atoms with Gasteiger partial charge in [0.2, 0.25) is 0 Å². The van der Waals surface area contributed by atoms with Crippen molar-refractivity contribution in [2.24, 2.45) is 0 Å².